The number of carbonyl (C=O) groups excluding carboxylic acids is 2. The largest absolute Gasteiger partial charge is 0.346 e. The quantitative estimate of drug-likeness (QED) is 0.811. The number of carbonyl (C=O) groups is 2. The van der Waals surface area contributed by atoms with Gasteiger partial charge < -0.3 is 10.2 Å². The van der Waals surface area contributed by atoms with Crippen LogP contribution in [0.4, 0.5) is 10.1 Å². The zero-order valence-corrected chi connectivity index (χ0v) is 16.8. The third kappa shape index (κ3) is 4.19. The van der Waals surface area contributed by atoms with Crippen molar-refractivity contribution in [3.05, 3.63) is 65.0 Å². The number of nitrogens with zero attached hydrogens (tertiary/aromatic N) is 1. The number of anilines is 1. The summed E-state index contributed by atoms with van der Waals surface area (Å²) in [5.41, 5.74) is 3.62. The predicted octanol–water partition coefficient (Wildman–Crippen LogP) is 4.79. The molecule has 1 aliphatic heterocycles. The van der Waals surface area contributed by atoms with Crippen LogP contribution in [0.1, 0.15) is 66.6 Å². The molecule has 29 heavy (non-hydrogen) atoms. The van der Waals surface area contributed by atoms with Crippen molar-refractivity contribution >= 4 is 17.5 Å². The Kier molecular flexibility index (Phi) is 5.65. The zero-order valence-electron chi connectivity index (χ0n) is 16.8. The number of halogens is 1. The van der Waals surface area contributed by atoms with E-state index in [4.69, 9.17) is 0 Å². The van der Waals surface area contributed by atoms with Gasteiger partial charge >= 0.3 is 0 Å². The lowest BCUT2D eigenvalue weighted by Gasteiger charge is -2.26. The van der Waals surface area contributed by atoms with Gasteiger partial charge in [0.1, 0.15) is 5.82 Å². The average Bonchev–Trinajstić information content (AvgIpc) is 3.17. The van der Waals surface area contributed by atoms with Gasteiger partial charge in [-0.3, -0.25) is 9.59 Å². The van der Waals surface area contributed by atoms with E-state index >= 15 is 0 Å². The smallest absolute Gasteiger partial charge is 0.251 e. The second kappa shape index (κ2) is 8.36. The van der Waals surface area contributed by atoms with E-state index in [1.54, 1.807) is 0 Å². The number of nitrogens with one attached hydrogen (secondary N) is 1. The maximum Gasteiger partial charge on any atom is 0.251 e. The van der Waals surface area contributed by atoms with Crippen molar-refractivity contribution in [2.24, 2.45) is 5.92 Å². The van der Waals surface area contributed by atoms with Crippen molar-refractivity contribution < 1.29 is 14.0 Å². The van der Waals surface area contributed by atoms with Crippen LogP contribution in [0.15, 0.2) is 42.5 Å². The summed E-state index contributed by atoms with van der Waals surface area (Å²) in [4.78, 5) is 27.3. The Morgan fingerprint density at radius 3 is 2.52 bits per heavy atom. The molecule has 0 saturated heterocycles. The van der Waals surface area contributed by atoms with Gasteiger partial charge in [0, 0.05) is 23.7 Å². The van der Waals surface area contributed by atoms with Crippen LogP contribution in [-0.2, 0) is 11.2 Å². The molecular formula is C24H27FN2O2. The number of rotatable bonds is 4. The van der Waals surface area contributed by atoms with E-state index in [0.29, 0.717) is 5.56 Å². The van der Waals surface area contributed by atoms with Gasteiger partial charge in [0.2, 0.25) is 5.91 Å². The Labute approximate surface area is 171 Å². The lowest BCUT2D eigenvalue weighted by molar-refractivity contribution is -0.123. The summed E-state index contributed by atoms with van der Waals surface area (Å²) in [5.74, 6) is -0.148. The lowest BCUT2D eigenvalue weighted by Crippen LogP contribution is -2.35. The summed E-state index contributed by atoms with van der Waals surface area (Å²) < 4.78 is 13.1. The molecule has 0 bridgehead atoms. The molecule has 1 N–H and O–H groups in total. The minimum absolute atomic E-state index is 0.170. The van der Waals surface area contributed by atoms with Gasteiger partial charge in [0.25, 0.3) is 5.91 Å². The Bertz CT molecular complexity index is 904. The summed E-state index contributed by atoms with van der Waals surface area (Å²) >= 11 is 0. The van der Waals surface area contributed by atoms with E-state index in [2.05, 4.69) is 11.4 Å². The molecule has 0 radical (unpaired) electrons. The first-order chi connectivity index (χ1) is 14.0. The molecule has 1 fully saturated rings. The van der Waals surface area contributed by atoms with Crippen LogP contribution in [0, 0.1) is 11.7 Å². The van der Waals surface area contributed by atoms with Crippen molar-refractivity contribution in [1.82, 2.24) is 5.32 Å². The molecule has 1 heterocycles. The molecule has 152 valence electrons. The van der Waals surface area contributed by atoms with Crippen LogP contribution >= 0.6 is 0 Å². The first kappa shape index (κ1) is 19.6. The van der Waals surface area contributed by atoms with E-state index in [9.17, 15) is 14.0 Å². The maximum absolute atomic E-state index is 13.1. The molecule has 1 aliphatic carbocycles. The second-order valence-corrected chi connectivity index (χ2v) is 8.17. The van der Waals surface area contributed by atoms with Crippen LogP contribution in [0.5, 0.6) is 0 Å². The first-order valence-corrected chi connectivity index (χ1v) is 10.5. The molecule has 1 saturated carbocycles. The molecule has 5 heteroatoms. The molecule has 1 unspecified atom stereocenters. The number of hydrogen-bond acceptors (Lipinski definition) is 2. The predicted molar refractivity (Wildman–Crippen MR) is 111 cm³/mol. The van der Waals surface area contributed by atoms with Crippen LogP contribution < -0.4 is 10.2 Å². The van der Waals surface area contributed by atoms with Crippen molar-refractivity contribution in [3.8, 4) is 0 Å². The van der Waals surface area contributed by atoms with E-state index in [1.165, 1.54) is 30.7 Å². The Balaban J connectivity index is 1.44. The van der Waals surface area contributed by atoms with Crippen LogP contribution in [0.2, 0.25) is 0 Å². The van der Waals surface area contributed by atoms with E-state index < -0.39 is 0 Å². The summed E-state index contributed by atoms with van der Waals surface area (Å²) in [6.45, 7) is 2.67. The Morgan fingerprint density at radius 2 is 1.79 bits per heavy atom. The Morgan fingerprint density at radius 1 is 1.07 bits per heavy atom. The topological polar surface area (TPSA) is 49.4 Å². The number of hydrogen-bond donors (Lipinski definition) is 1. The zero-order chi connectivity index (χ0) is 20.4. The summed E-state index contributed by atoms with van der Waals surface area (Å²) in [6.07, 6.45) is 6.42. The van der Waals surface area contributed by atoms with Crippen LogP contribution in [0.3, 0.4) is 0 Å². The summed E-state index contributed by atoms with van der Waals surface area (Å²) in [7, 11) is 0. The van der Waals surface area contributed by atoms with Gasteiger partial charge in [-0.15, -0.1) is 0 Å². The number of benzene rings is 2. The average molecular weight is 394 g/mol. The van der Waals surface area contributed by atoms with Gasteiger partial charge in [-0.05, 0) is 67.6 Å². The fraction of sp³-hybridized carbons (Fsp3) is 0.417. The van der Waals surface area contributed by atoms with Gasteiger partial charge in [-0.2, -0.15) is 0 Å². The highest BCUT2D eigenvalue weighted by molar-refractivity contribution is 5.97. The monoisotopic (exact) mass is 394 g/mol. The molecule has 1 atom stereocenters. The van der Waals surface area contributed by atoms with Crippen molar-refractivity contribution in [2.45, 2.75) is 51.5 Å². The highest BCUT2D eigenvalue weighted by Gasteiger charge is 2.31. The van der Waals surface area contributed by atoms with Crippen molar-refractivity contribution in [3.63, 3.8) is 0 Å². The minimum Gasteiger partial charge on any atom is -0.346 e. The minimum atomic E-state index is -0.361. The molecule has 0 spiro atoms. The highest BCUT2D eigenvalue weighted by atomic mass is 19.1. The van der Waals surface area contributed by atoms with Gasteiger partial charge in [0.05, 0.1) is 6.04 Å². The fourth-order valence-corrected chi connectivity index (χ4v) is 4.45. The molecule has 2 amide bonds. The molecule has 4 nitrogen and oxygen atoms in total. The van der Waals surface area contributed by atoms with E-state index in [0.717, 1.165) is 55.5 Å². The molecular weight excluding hydrogens is 367 g/mol. The first-order valence-electron chi connectivity index (χ1n) is 10.5. The van der Waals surface area contributed by atoms with Crippen LogP contribution in [-0.4, -0.2) is 18.4 Å². The van der Waals surface area contributed by atoms with E-state index in [-0.39, 0.29) is 29.6 Å². The summed E-state index contributed by atoms with van der Waals surface area (Å²) in [6, 6.07) is 11.4. The third-order valence-electron chi connectivity index (χ3n) is 6.17. The van der Waals surface area contributed by atoms with Crippen LogP contribution in [0.25, 0.3) is 0 Å². The fourth-order valence-electron chi connectivity index (χ4n) is 4.45. The highest BCUT2D eigenvalue weighted by Crippen LogP contribution is 2.34. The number of fused-ring (bicyclic) bond motifs is 1. The molecule has 2 aromatic carbocycles. The van der Waals surface area contributed by atoms with Crippen molar-refractivity contribution in [2.75, 3.05) is 11.4 Å². The standard InChI is InChI=1S/C24H27FN2O2/c1-16(26-23(28)17-7-10-21(25)11-8-17)19-9-12-22-20(15-19)13-14-27(22)24(29)18-5-3-2-4-6-18/h7-12,15-16,18H,2-6,13-14H2,1H3,(H,26,28). The number of amides is 2. The van der Waals surface area contributed by atoms with Crippen molar-refractivity contribution in [1.29, 1.82) is 0 Å². The normalized spacial score (nSPS) is 17.7. The molecule has 0 aromatic heterocycles. The lowest BCUT2D eigenvalue weighted by atomic mass is 9.88. The summed E-state index contributed by atoms with van der Waals surface area (Å²) in [5, 5.41) is 2.97. The maximum atomic E-state index is 13.1. The third-order valence-corrected chi connectivity index (χ3v) is 6.17. The van der Waals surface area contributed by atoms with Gasteiger partial charge in [-0.25, -0.2) is 4.39 Å². The van der Waals surface area contributed by atoms with Gasteiger partial charge in [0.15, 0.2) is 0 Å². The SMILES string of the molecule is CC(NC(=O)c1ccc(F)cc1)c1ccc2c(c1)CCN2C(=O)C1CCCCC1. The van der Waals surface area contributed by atoms with E-state index in [1.807, 2.05) is 24.0 Å². The second-order valence-electron chi connectivity index (χ2n) is 8.17. The molecule has 2 aromatic rings. The van der Waals surface area contributed by atoms with Gasteiger partial charge in [-0.1, -0.05) is 31.4 Å². The molecule has 2 aliphatic rings. The Hall–Kier alpha value is -2.69. The molecule has 4 rings (SSSR count).